The summed E-state index contributed by atoms with van der Waals surface area (Å²) < 4.78 is 0. The Morgan fingerprint density at radius 2 is 1.75 bits per heavy atom. The molecule has 110 valence electrons. The zero-order chi connectivity index (χ0) is 13.9. The second kappa shape index (κ2) is 6.24. The van der Waals surface area contributed by atoms with Gasteiger partial charge >= 0.3 is 0 Å². The van der Waals surface area contributed by atoms with Gasteiger partial charge in [0.1, 0.15) is 11.6 Å². The topological polar surface area (TPSA) is 34.1 Å². The lowest BCUT2D eigenvalue weighted by Gasteiger charge is -2.31. The number of Topliss-reactive ketones (excluding diaryl/α,β-unsaturated/α-hetero) is 2. The summed E-state index contributed by atoms with van der Waals surface area (Å²) in [5, 5.41) is 0. The van der Waals surface area contributed by atoms with Crippen molar-refractivity contribution in [2.24, 2.45) is 17.8 Å². The standard InChI is InChI=1S/C18H26O2/c19-17-11-5-8-14(17)12-15-9-4-10-16(18(15)20)13-6-2-1-3-7-13/h6,14-16H,1-5,7-12H2. The van der Waals surface area contributed by atoms with Gasteiger partial charge in [-0.3, -0.25) is 9.59 Å². The van der Waals surface area contributed by atoms with E-state index in [1.165, 1.54) is 24.8 Å². The van der Waals surface area contributed by atoms with Crippen LogP contribution < -0.4 is 0 Å². The highest BCUT2D eigenvalue weighted by Crippen LogP contribution is 2.39. The SMILES string of the molecule is O=C1CCCC1CC1CCCC(C2=CCCCC2)C1=O. The number of hydrogen-bond acceptors (Lipinski definition) is 2. The lowest BCUT2D eigenvalue weighted by molar-refractivity contribution is -0.129. The number of rotatable bonds is 3. The van der Waals surface area contributed by atoms with Crippen molar-refractivity contribution in [3.05, 3.63) is 11.6 Å². The first kappa shape index (κ1) is 14.0. The highest BCUT2D eigenvalue weighted by atomic mass is 16.1. The number of carbonyl (C=O) groups is 2. The first-order valence-corrected chi connectivity index (χ1v) is 8.51. The lowest BCUT2D eigenvalue weighted by Crippen LogP contribution is -2.32. The third-order valence-corrected chi connectivity index (χ3v) is 5.57. The number of hydrogen-bond donors (Lipinski definition) is 0. The molecule has 3 atom stereocenters. The Hall–Kier alpha value is -0.920. The van der Waals surface area contributed by atoms with Gasteiger partial charge in [-0.15, -0.1) is 0 Å². The van der Waals surface area contributed by atoms with E-state index in [9.17, 15) is 9.59 Å². The van der Waals surface area contributed by atoms with Crippen molar-refractivity contribution in [1.82, 2.24) is 0 Å². The quantitative estimate of drug-likeness (QED) is 0.722. The molecule has 0 heterocycles. The zero-order valence-electron chi connectivity index (χ0n) is 12.4. The van der Waals surface area contributed by atoms with Crippen LogP contribution in [0.4, 0.5) is 0 Å². The number of allylic oxidation sites excluding steroid dienone is 2. The second-order valence-corrected chi connectivity index (χ2v) is 6.90. The minimum atomic E-state index is 0.170. The molecule has 3 unspecified atom stereocenters. The normalized spacial score (nSPS) is 35.2. The van der Waals surface area contributed by atoms with E-state index >= 15 is 0 Å². The van der Waals surface area contributed by atoms with E-state index in [0.717, 1.165) is 51.4 Å². The predicted octanol–water partition coefficient (Wildman–Crippen LogP) is 4.23. The third-order valence-electron chi connectivity index (χ3n) is 5.57. The predicted molar refractivity (Wildman–Crippen MR) is 79.4 cm³/mol. The highest BCUT2D eigenvalue weighted by molar-refractivity contribution is 5.88. The molecule has 0 aromatic heterocycles. The van der Waals surface area contributed by atoms with Crippen molar-refractivity contribution in [3.8, 4) is 0 Å². The molecular formula is C18H26O2. The zero-order valence-corrected chi connectivity index (χ0v) is 12.4. The molecule has 0 bridgehead atoms. The van der Waals surface area contributed by atoms with Gasteiger partial charge in [0.15, 0.2) is 0 Å². The van der Waals surface area contributed by atoms with Crippen LogP contribution in [0.1, 0.15) is 70.6 Å². The van der Waals surface area contributed by atoms with Crippen molar-refractivity contribution >= 4 is 11.6 Å². The molecule has 0 amide bonds. The van der Waals surface area contributed by atoms with E-state index in [-0.39, 0.29) is 17.8 Å². The maximum Gasteiger partial charge on any atom is 0.143 e. The van der Waals surface area contributed by atoms with Crippen molar-refractivity contribution < 1.29 is 9.59 Å². The summed E-state index contributed by atoms with van der Waals surface area (Å²) in [6.07, 6.45) is 14.1. The number of carbonyl (C=O) groups excluding carboxylic acids is 2. The third kappa shape index (κ3) is 2.89. The Morgan fingerprint density at radius 1 is 0.900 bits per heavy atom. The molecule has 2 heteroatoms. The summed E-state index contributed by atoms with van der Waals surface area (Å²) in [7, 11) is 0. The monoisotopic (exact) mass is 274 g/mol. The van der Waals surface area contributed by atoms with Crippen LogP contribution in [-0.4, -0.2) is 11.6 Å². The summed E-state index contributed by atoms with van der Waals surface area (Å²) in [4.78, 5) is 24.6. The van der Waals surface area contributed by atoms with Gasteiger partial charge in [-0.2, -0.15) is 0 Å². The van der Waals surface area contributed by atoms with Crippen LogP contribution in [0.25, 0.3) is 0 Å². The molecule has 0 radical (unpaired) electrons. The van der Waals surface area contributed by atoms with Crippen LogP contribution in [0.3, 0.4) is 0 Å². The van der Waals surface area contributed by atoms with Crippen LogP contribution >= 0.6 is 0 Å². The molecule has 3 aliphatic rings. The van der Waals surface area contributed by atoms with Gasteiger partial charge in [-0.05, 0) is 57.8 Å². The summed E-state index contributed by atoms with van der Waals surface area (Å²) in [5.74, 6) is 1.44. The van der Waals surface area contributed by atoms with Crippen molar-refractivity contribution in [2.45, 2.75) is 70.6 Å². The fraction of sp³-hybridized carbons (Fsp3) is 0.778. The van der Waals surface area contributed by atoms with E-state index < -0.39 is 0 Å². The van der Waals surface area contributed by atoms with E-state index in [1.54, 1.807) is 0 Å². The summed E-state index contributed by atoms with van der Waals surface area (Å²) in [6.45, 7) is 0. The van der Waals surface area contributed by atoms with Crippen LogP contribution in [-0.2, 0) is 9.59 Å². The smallest absolute Gasteiger partial charge is 0.143 e. The Kier molecular flexibility index (Phi) is 4.38. The average molecular weight is 274 g/mol. The van der Waals surface area contributed by atoms with Gasteiger partial charge < -0.3 is 0 Å². The van der Waals surface area contributed by atoms with Gasteiger partial charge in [0.25, 0.3) is 0 Å². The molecule has 0 aromatic rings. The van der Waals surface area contributed by atoms with E-state index in [2.05, 4.69) is 6.08 Å². The van der Waals surface area contributed by atoms with Crippen LogP contribution in [0.5, 0.6) is 0 Å². The summed E-state index contributed by atoms with van der Waals surface area (Å²) in [5.41, 5.74) is 1.42. The molecule has 0 spiro atoms. The van der Waals surface area contributed by atoms with Crippen molar-refractivity contribution in [3.63, 3.8) is 0 Å². The lowest BCUT2D eigenvalue weighted by atomic mass is 9.71. The fourth-order valence-corrected chi connectivity index (χ4v) is 4.40. The maximum atomic E-state index is 12.8. The summed E-state index contributed by atoms with van der Waals surface area (Å²) >= 11 is 0. The van der Waals surface area contributed by atoms with Gasteiger partial charge in [0.2, 0.25) is 0 Å². The molecule has 0 saturated heterocycles. The first-order chi connectivity index (χ1) is 9.75. The molecule has 0 N–H and O–H groups in total. The molecule has 2 saturated carbocycles. The highest BCUT2D eigenvalue weighted by Gasteiger charge is 2.36. The van der Waals surface area contributed by atoms with Gasteiger partial charge in [0.05, 0.1) is 0 Å². The van der Waals surface area contributed by atoms with Crippen molar-refractivity contribution in [1.29, 1.82) is 0 Å². The Labute approximate surface area is 122 Å². The van der Waals surface area contributed by atoms with Gasteiger partial charge in [-0.25, -0.2) is 0 Å². The molecule has 2 fully saturated rings. The molecule has 0 aromatic carbocycles. The summed E-state index contributed by atoms with van der Waals surface area (Å²) in [6, 6.07) is 0. The number of ketones is 2. The van der Waals surface area contributed by atoms with Gasteiger partial charge in [-0.1, -0.05) is 18.1 Å². The molecule has 3 rings (SSSR count). The minimum Gasteiger partial charge on any atom is -0.299 e. The molecule has 2 nitrogen and oxygen atoms in total. The maximum absolute atomic E-state index is 12.8. The van der Waals surface area contributed by atoms with E-state index in [0.29, 0.717) is 11.6 Å². The van der Waals surface area contributed by atoms with Crippen molar-refractivity contribution in [2.75, 3.05) is 0 Å². The van der Waals surface area contributed by atoms with Crippen LogP contribution in [0, 0.1) is 17.8 Å². The van der Waals surface area contributed by atoms with Crippen LogP contribution in [0.2, 0.25) is 0 Å². The Morgan fingerprint density at radius 3 is 2.45 bits per heavy atom. The molecule has 0 aliphatic heterocycles. The van der Waals surface area contributed by atoms with E-state index in [4.69, 9.17) is 0 Å². The minimum absolute atomic E-state index is 0.170. The Balaban J connectivity index is 1.65. The van der Waals surface area contributed by atoms with E-state index in [1.807, 2.05) is 0 Å². The molecule has 3 aliphatic carbocycles. The van der Waals surface area contributed by atoms with Gasteiger partial charge in [0, 0.05) is 24.2 Å². The Bertz CT molecular complexity index is 421. The largest absolute Gasteiger partial charge is 0.299 e. The molecule has 20 heavy (non-hydrogen) atoms. The average Bonchev–Trinajstić information content (AvgIpc) is 2.88. The van der Waals surface area contributed by atoms with Crippen LogP contribution in [0.15, 0.2) is 11.6 Å². The first-order valence-electron chi connectivity index (χ1n) is 8.51. The second-order valence-electron chi connectivity index (χ2n) is 6.90. The fourth-order valence-electron chi connectivity index (χ4n) is 4.40. The molecular weight excluding hydrogens is 248 g/mol.